The first-order chi connectivity index (χ1) is 11.9. The number of ether oxygens (including phenoxy) is 1. The summed E-state index contributed by atoms with van der Waals surface area (Å²) in [6, 6.07) is 12.9. The first-order valence-electron chi connectivity index (χ1n) is 7.46. The Morgan fingerprint density at radius 2 is 1.76 bits per heavy atom. The average Bonchev–Trinajstić information content (AvgIpc) is 2.78. The van der Waals surface area contributed by atoms with E-state index >= 15 is 0 Å². The SMILES string of the molecule is O=C(Cc1ccccc1Cl)OCCN1C(=O)c2ccccc2S1(=O)=O. The monoisotopic (exact) mass is 379 g/mol. The van der Waals surface area contributed by atoms with Crippen LogP contribution in [-0.2, 0) is 26.0 Å². The average molecular weight is 380 g/mol. The minimum Gasteiger partial charge on any atom is -0.463 e. The van der Waals surface area contributed by atoms with E-state index in [0.717, 1.165) is 4.31 Å². The van der Waals surface area contributed by atoms with Crippen molar-refractivity contribution in [2.45, 2.75) is 11.3 Å². The lowest BCUT2D eigenvalue weighted by Gasteiger charge is -2.15. The van der Waals surface area contributed by atoms with Gasteiger partial charge < -0.3 is 4.74 Å². The number of hydrogen-bond acceptors (Lipinski definition) is 5. The molecule has 0 saturated carbocycles. The second kappa shape index (κ2) is 6.85. The quantitative estimate of drug-likeness (QED) is 0.744. The maximum atomic E-state index is 12.4. The van der Waals surface area contributed by atoms with Crippen LogP contribution < -0.4 is 0 Å². The maximum Gasteiger partial charge on any atom is 0.310 e. The zero-order valence-corrected chi connectivity index (χ0v) is 14.6. The molecule has 2 aromatic carbocycles. The first-order valence-corrected chi connectivity index (χ1v) is 9.28. The van der Waals surface area contributed by atoms with Gasteiger partial charge >= 0.3 is 5.97 Å². The number of amides is 1. The Kier molecular flexibility index (Phi) is 4.78. The molecular formula is C17H14ClNO5S. The lowest BCUT2D eigenvalue weighted by atomic mass is 10.1. The summed E-state index contributed by atoms with van der Waals surface area (Å²) in [5, 5.41) is 0.451. The summed E-state index contributed by atoms with van der Waals surface area (Å²) in [6.45, 7) is -0.452. The van der Waals surface area contributed by atoms with Gasteiger partial charge in [0.25, 0.3) is 15.9 Å². The van der Waals surface area contributed by atoms with E-state index in [1.165, 1.54) is 12.1 Å². The highest BCUT2D eigenvalue weighted by Crippen LogP contribution is 2.29. The van der Waals surface area contributed by atoms with Gasteiger partial charge in [0.1, 0.15) is 11.5 Å². The van der Waals surface area contributed by atoms with Gasteiger partial charge in [-0.1, -0.05) is 41.9 Å². The Labute approximate surface area is 150 Å². The Balaban J connectivity index is 1.61. The molecular weight excluding hydrogens is 366 g/mol. The van der Waals surface area contributed by atoms with Crippen LogP contribution in [0.2, 0.25) is 5.02 Å². The van der Waals surface area contributed by atoms with Gasteiger partial charge in [-0.25, -0.2) is 12.7 Å². The summed E-state index contributed by atoms with van der Waals surface area (Å²) in [6.07, 6.45) is -0.0272. The molecule has 0 aliphatic carbocycles. The molecule has 130 valence electrons. The zero-order valence-electron chi connectivity index (χ0n) is 13.0. The van der Waals surface area contributed by atoms with Crippen LogP contribution in [0.15, 0.2) is 53.4 Å². The predicted molar refractivity (Wildman–Crippen MR) is 90.8 cm³/mol. The molecule has 8 heteroatoms. The number of hydrogen-bond donors (Lipinski definition) is 0. The topological polar surface area (TPSA) is 80.8 Å². The summed E-state index contributed by atoms with van der Waals surface area (Å²) >= 11 is 5.97. The minimum atomic E-state index is -3.89. The number of sulfonamides is 1. The van der Waals surface area contributed by atoms with Gasteiger partial charge in [0.05, 0.1) is 18.5 Å². The van der Waals surface area contributed by atoms with E-state index in [1.54, 1.807) is 36.4 Å². The molecule has 25 heavy (non-hydrogen) atoms. The van der Waals surface area contributed by atoms with Gasteiger partial charge in [-0.2, -0.15) is 0 Å². The zero-order chi connectivity index (χ0) is 18.0. The lowest BCUT2D eigenvalue weighted by Crippen LogP contribution is -2.33. The first kappa shape index (κ1) is 17.4. The van der Waals surface area contributed by atoms with Gasteiger partial charge in [0.2, 0.25) is 0 Å². The van der Waals surface area contributed by atoms with Crippen LogP contribution in [0.3, 0.4) is 0 Å². The molecule has 6 nitrogen and oxygen atoms in total. The normalized spacial score (nSPS) is 15.1. The summed E-state index contributed by atoms with van der Waals surface area (Å²) in [4.78, 5) is 24.1. The third-order valence-corrected chi connectivity index (χ3v) is 5.97. The number of esters is 1. The second-order valence-electron chi connectivity index (χ2n) is 5.37. The van der Waals surface area contributed by atoms with Crippen LogP contribution in [0, 0.1) is 0 Å². The Morgan fingerprint density at radius 3 is 2.48 bits per heavy atom. The number of carbonyl (C=O) groups is 2. The fourth-order valence-corrected chi connectivity index (χ4v) is 4.30. The van der Waals surface area contributed by atoms with Crippen LogP contribution in [0.25, 0.3) is 0 Å². The Morgan fingerprint density at radius 1 is 1.08 bits per heavy atom. The van der Waals surface area contributed by atoms with E-state index < -0.39 is 21.9 Å². The molecule has 0 atom stereocenters. The standard InChI is InChI=1S/C17H14ClNO5S/c18-14-7-3-1-5-12(14)11-16(20)24-10-9-19-17(21)13-6-2-4-8-15(13)25(19,22)23/h1-8H,9-11H2. The van der Waals surface area contributed by atoms with E-state index in [0.29, 0.717) is 10.6 Å². The molecule has 0 unspecified atom stereocenters. The summed E-state index contributed by atoms with van der Waals surface area (Å²) in [5.74, 6) is -1.16. The van der Waals surface area contributed by atoms with Gasteiger partial charge in [0.15, 0.2) is 0 Å². The van der Waals surface area contributed by atoms with Crippen molar-refractivity contribution in [1.82, 2.24) is 4.31 Å². The van der Waals surface area contributed by atoms with Crippen LogP contribution >= 0.6 is 11.6 Å². The van der Waals surface area contributed by atoms with Gasteiger partial charge in [0, 0.05) is 5.02 Å². The smallest absolute Gasteiger partial charge is 0.310 e. The van der Waals surface area contributed by atoms with Gasteiger partial charge in [-0.3, -0.25) is 9.59 Å². The fraction of sp³-hybridized carbons (Fsp3) is 0.176. The van der Waals surface area contributed by atoms with E-state index in [-0.39, 0.29) is 30.0 Å². The summed E-state index contributed by atoms with van der Waals surface area (Å²) in [7, 11) is -3.89. The van der Waals surface area contributed by atoms with E-state index in [9.17, 15) is 18.0 Å². The number of rotatable bonds is 5. The molecule has 3 rings (SSSR count). The minimum absolute atomic E-state index is 0.0256. The van der Waals surface area contributed by atoms with Crippen LogP contribution in [0.1, 0.15) is 15.9 Å². The largest absolute Gasteiger partial charge is 0.463 e. The Bertz CT molecular complexity index is 942. The third kappa shape index (κ3) is 3.38. The molecule has 0 bridgehead atoms. The van der Waals surface area contributed by atoms with Crippen molar-refractivity contribution < 1.29 is 22.7 Å². The number of benzene rings is 2. The van der Waals surface area contributed by atoms with E-state index in [1.807, 2.05) is 0 Å². The van der Waals surface area contributed by atoms with Crippen LogP contribution in [0.5, 0.6) is 0 Å². The highest BCUT2D eigenvalue weighted by atomic mass is 35.5. The number of halogens is 1. The van der Waals surface area contributed by atoms with Crippen molar-refractivity contribution in [2.24, 2.45) is 0 Å². The van der Waals surface area contributed by atoms with Crippen molar-refractivity contribution in [3.05, 3.63) is 64.7 Å². The molecule has 2 aromatic rings. The molecule has 0 spiro atoms. The summed E-state index contributed by atoms with van der Waals surface area (Å²) in [5.41, 5.74) is 0.747. The molecule has 0 aromatic heterocycles. The van der Waals surface area contributed by atoms with Crippen molar-refractivity contribution in [1.29, 1.82) is 0 Å². The highest BCUT2D eigenvalue weighted by molar-refractivity contribution is 7.90. The summed E-state index contributed by atoms with van der Waals surface area (Å²) < 4.78 is 30.5. The van der Waals surface area contributed by atoms with Crippen molar-refractivity contribution in [3.8, 4) is 0 Å². The molecule has 1 amide bonds. The molecule has 0 saturated heterocycles. The predicted octanol–water partition coefficient (Wildman–Crippen LogP) is 2.27. The molecule has 1 heterocycles. The Hall–Kier alpha value is -2.38. The lowest BCUT2D eigenvalue weighted by molar-refractivity contribution is -0.142. The van der Waals surface area contributed by atoms with E-state index in [4.69, 9.17) is 16.3 Å². The number of fused-ring (bicyclic) bond motifs is 1. The van der Waals surface area contributed by atoms with Crippen molar-refractivity contribution in [2.75, 3.05) is 13.2 Å². The molecule has 0 radical (unpaired) electrons. The van der Waals surface area contributed by atoms with Crippen LogP contribution in [-0.4, -0.2) is 37.8 Å². The van der Waals surface area contributed by atoms with Gasteiger partial charge in [-0.05, 0) is 23.8 Å². The highest BCUT2D eigenvalue weighted by Gasteiger charge is 2.40. The molecule has 1 aliphatic heterocycles. The fourth-order valence-electron chi connectivity index (χ4n) is 2.54. The third-order valence-electron chi connectivity index (χ3n) is 3.76. The number of carbonyl (C=O) groups excluding carboxylic acids is 2. The van der Waals surface area contributed by atoms with Crippen molar-refractivity contribution in [3.63, 3.8) is 0 Å². The molecule has 1 aliphatic rings. The molecule has 0 N–H and O–H groups in total. The second-order valence-corrected chi connectivity index (χ2v) is 7.61. The maximum absolute atomic E-state index is 12.4. The van der Waals surface area contributed by atoms with Crippen LogP contribution in [0.4, 0.5) is 0 Å². The number of nitrogens with zero attached hydrogens (tertiary/aromatic N) is 1. The van der Waals surface area contributed by atoms with Crippen molar-refractivity contribution >= 4 is 33.5 Å². The molecule has 0 fully saturated rings. The van der Waals surface area contributed by atoms with E-state index in [2.05, 4.69) is 0 Å². The van der Waals surface area contributed by atoms with Gasteiger partial charge in [-0.15, -0.1) is 0 Å².